The molecule has 0 atom stereocenters. The molecule has 1 aromatic heterocycles. The topological polar surface area (TPSA) is 67.2 Å². The highest BCUT2D eigenvalue weighted by molar-refractivity contribution is 7.98. The van der Waals surface area contributed by atoms with Crippen LogP contribution >= 0.6 is 23.4 Å². The van der Waals surface area contributed by atoms with Crippen LogP contribution < -0.4 is 0 Å². The molecule has 7 nitrogen and oxygen atoms in total. The van der Waals surface area contributed by atoms with Gasteiger partial charge in [0, 0.05) is 36.1 Å². The van der Waals surface area contributed by atoms with E-state index < -0.39 is 0 Å². The van der Waals surface area contributed by atoms with Crippen molar-refractivity contribution in [2.24, 2.45) is 0 Å². The van der Waals surface area contributed by atoms with E-state index in [9.17, 15) is 4.79 Å². The Balaban J connectivity index is 1.39. The van der Waals surface area contributed by atoms with E-state index in [1.807, 2.05) is 59.7 Å². The summed E-state index contributed by atoms with van der Waals surface area (Å²) in [6.45, 7) is 3.55. The zero-order chi connectivity index (χ0) is 20.2. The van der Waals surface area contributed by atoms with Crippen molar-refractivity contribution in [3.05, 3.63) is 64.9 Å². The van der Waals surface area contributed by atoms with Crippen LogP contribution in [0.5, 0.6) is 0 Å². The van der Waals surface area contributed by atoms with Gasteiger partial charge in [-0.2, -0.15) is 4.68 Å². The zero-order valence-corrected chi connectivity index (χ0v) is 17.6. The molecule has 0 aliphatic carbocycles. The Bertz CT molecular complexity index is 985. The summed E-state index contributed by atoms with van der Waals surface area (Å²) in [5.74, 6) is 0.862. The fraction of sp³-hybridized carbons (Fsp3) is 0.300. The quantitative estimate of drug-likeness (QED) is 0.582. The standard InChI is InChI=1S/C20H21ClN6OS/c1-29-18-5-3-2-4-17(18)20(28)26-12-10-25(11-13-26)14-19-22-23-24-27(19)16-8-6-15(21)7-9-16/h2-9H,10-14H2,1H3. The zero-order valence-electron chi connectivity index (χ0n) is 16.0. The minimum absolute atomic E-state index is 0.0978. The van der Waals surface area contributed by atoms with E-state index in [4.69, 9.17) is 11.6 Å². The van der Waals surface area contributed by atoms with Gasteiger partial charge in [-0.05, 0) is 53.1 Å². The number of carbonyl (C=O) groups is 1. The first-order valence-corrected chi connectivity index (χ1v) is 10.9. The summed E-state index contributed by atoms with van der Waals surface area (Å²) < 4.78 is 1.72. The predicted molar refractivity (Wildman–Crippen MR) is 114 cm³/mol. The van der Waals surface area contributed by atoms with Crippen LogP contribution in [0.15, 0.2) is 53.4 Å². The first kappa shape index (κ1) is 19.9. The number of halogens is 1. The van der Waals surface area contributed by atoms with Gasteiger partial charge in [-0.1, -0.05) is 23.7 Å². The second-order valence-corrected chi connectivity index (χ2v) is 8.04. The molecule has 9 heteroatoms. The molecule has 1 saturated heterocycles. The summed E-state index contributed by atoms with van der Waals surface area (Å²) in [6, 6.07) is 15.2. The first-order valence-electron chi connectivity index (χ1n) is 9.33. The van der Waals surface area contributed by atoms with E-state index in [1.165, 1.54) is 0 Å². The van der Waals surface area contributed by atoms with Gasteiger partial charge in [0.05, 0.1) is 17.8 Å². The van der Waals surface area contributed by atoms with Crippen molar-refractivity contribution in [3.8, 4) is 5.69 Å². The van der Waals surface area contributed by atoms with Gasteiger partial charge in [-0.15, -0.1) is 16.9 Å². The first-order chi connectivity index (χ1) is 14.2. The smallest absolute Gasteiger partial charge is 0.255 e. The molecule has 0 N–H and O–H groups in total. The average Bonchev–Trinajstić information content (AvgIpc) is 3.22. The SMILES string of the molecule is CSc1ccccc1C(=O)N1CCN(Cc2nnnn2-c2ccc(Cl)cc2)CC1. The number of thioether (sulfide) groups is 1. The van der Waals surface area contributed by atoms with Gasteiger partial charge in [0.2, 0.25) is 0 Å². The number of rotatable bonds is 5. The molecular formula is C20H21ClN6OS. The lowest BCUT2D eigenvalue weighted by Crippen LogP contribution is -2.48. The van der Waals surface area contributed by atoms with E-state index in [2.05, 4.69) is 20.4 Å². The molecule has 0 unspecified atom stereocenters. The maximum atomic E-state index is 12.9. The summed E-state index contributed by atoms with van der Waals surface area (Å²) in [4.78, 5) is 18.1. The van der Waals surface area contributed by atoms with Crippen LogP contribution in [0.3, 0.4) is 0 Å². The summed E-state index contributed by atoms with van der Waals surface area (Å²) in [6.07, 6.45) is 1.99. The highest BCUT2D eigenvalue weighted by Crippen LogP contribution is 2.22. The molecule has 1 amide bonds. The van der Waals surface area contributed by atoms with Crippen LogP contribution in [-0.2, 0) is 6.54 Å². The molecule has 3 aromatic rings. The number of carbonyl (C=O) groups excluding carboxylic acids is 1. The molecule has 0 radical (unpaired) electrons. The highest BCUT2D eigenvalue weighted by atomic mass is 35.5. The lowest BCUT2D eigenvalue weighted by molar-refractivity contribution is 0.0621. The van der Waals surface area contributed by atoms with E-state index in [0.717, 1.165) is 35.1 Å². The molecule has 1 fully saturated rings. The van der Waals surface area contributed by atoms with Gasteiger partial charge < -0.3 is 4.90 Å². The van der Waals surface area contributed by atoms with Crippen molar-refractivity contribution in [1.29, 1.82) is 0 Å². The maximum absolute atomic E-state index is 12.9. The van der Waals surface area contributed by atoms with Gasteiger partial charge in [0.1, 0.15) is 0 Å². The van der Waals surface area contributed by atoms with Crippen molar-refractivity contribution < 1.29 is 4.79 Å². The van der Waals surface area contributed by atoms with Crippen LogP contribution in [0, 0.1) is 0 Å². The number of hydrogen-bond donors (Lipinski definition) is 0. The number of nitrogens with zero attached hydrogens (tertiary/aromatic N) is 6. The number of aromatic nitrogens is 4. The van der Waals surface area contributed by atoms with Gasteiger partial charge in [0.15, 0.2) is 5.82 Å². The average molecular weight is 429 g/mol. The second-order valence-electron chi connectivity index (χ2n) is 6.75. The molecular weight excluding hydrogens is 408 g/mol. The van der Waals surface area contributed by atoms with Gasteiger partial charge in [0.25, 0.3) is 5.91 Å². The lowest BCUT2D eigenvalue weighted by Gasteiger charge is -2.34. The molecule has 29 heavy (non-hydrogen) atoms. The Hall–Kier alpha value is -2.42. The van der Waals surface area contributed by atoms with E-state index in [0.29, 0.717) is 24.7 Å². The predicted octanol–water partition coefficient (Wildman–Crippen LogP) is 3.00. The number of piperazine rings is 1. The normalized spacial score (nSPS) is 14.9. The number of hydrogen-bond acceptors (Lipinski definition) is 6. The van der Waals surface area contributed by atoms with Gasteiger partial charge in [-0.3, -0.25) is 9.69 Å². The van der Waals surface area contributed by atoms with Crippen LogP contribution in [0.25, 0.3) is 5.69 Å². The summed E-state index contributed by atoms with van der Waals surface area (Å²) >= 11 is 7.57. The van der Waals surface area contributed by atoms with E-state index >= 15 is 0 Å². The second kappa shape index (κ2) is 8.94. The Morgan fingerprint density at radius 1 is 1.07 bits per heavy atom. The minimum Gasteiger partial charge on any atom is -0.336 e. The van der Waals surface area contributed by atoms with Crippen molar-refractivity contribution in [3.63, 3.8) is 0 Å². The Morgan fingerprint density at radius 3 is 2.52 bits per heavy atom. The van der Waals surface area contributed by atoms with Crippen molar-refractivity contribution in [2.75, 3.05) is 32.4 Å². The van der Waals surface area contributed by atoms with Crippen LogP contribution in [-0.4, -0.2) is 68.3 Å². The molecule has 0 bridgehead atoms. The van der Waals surface area contributed by atoms with Crippen molar-refractivity contribution in [1.82, 2.24) is 30.0 Å². The Kier molecular flexibility index (Phi) is 6.13. The van der Waals surface area contributed by atoms with Crippen molar-refractivity contribution >= 4 is 29.3 Å². The van der Waals surface area contributed by atoms with Gasteiger partial charge in [-0.25, -0.2) is 0 Å². The van der Waals surface area contributed by atoms with Gasteiger partial charge >= 0.3 is 0 Å². The summed E-state index contributed by atoms with van der Waals surface area (Å²) in [5, 5.41) is 12.8. The van der Waals surface area contributed by atoms with Crippen LogP contribution in [0.4, 0.5) is 0 Å². The lowest BCUT2D eigenvalue weighted by atomic mass is 10.2. The Morgan fingerprint density at radius 2 is 1.79 bits per heavy atom. The number of amides is 1. The third kappa shape index (κ3) is 4.44. The monoisotopic (exact) mass is 428 g/mol. The molecule has 2 heterocycles. The molecule has 150 valence electrons. The van der Waals surface area contributed by atoms with E-state index in [1.54, 1.807) is 16.4 Å². The molecule has 0 saturated carbocycles. The number of benzene rings is 2. The molecule has 1 aliphatic rings. The largest absolute Gasteiger partial charge is 0.336 e. The third-order valence-corrected chi connectivity index (χ3v) is 6.01. The van der Waals surface area contributed by atoms with Crippen LogP contribution in [0.1, 0.15) is 16.2 Å². The molecule has 4 rings (SSSR count). The molecule has 0 spiro atoms. The minimum atomic E-state index is 0.0978. The fourth-order valence-corrected chi connectivity index (χ4v) is 4.10. The third-order valence-electron chi connectivity index (χ3n) is 4.97. The molecule has 2 aromatic carbocycles. The molecule has 1 aliphatic heterocycles. The maximum Gasteiger partial charge on any atom is 0.255 e. The van der Waals surface area contributed by atoms with Crippen molar-refractivity contribution in [2.45, 2.75) is 11.4 Å². The van der Waals surface area contributed by atoms with E-state index in [-0.39, 0.29) is 5.91 Å². The summed E-state index contributed by atoms with van der Waals surface area (Å²) in [7, 11) is 0. The fourth-order valence-electron chi connectivity index (χ4n) is 3.39. The summed E-state index contributed by atoms with van der Waals surface area (Å²) in [5.41, 5.74) is 1.65. The Labute approximate surface area is 178 Å². The number of tetrazole rings is 1. The van der Waals surface area contributed by atoms with Crippen LogP contribution in [0.2, 0.25) is 5.02 Å². The highest BCUT2D eigenvalue weighted by Gasteiger charge is 2.24.